The third-order valence-corrected chi connectivity index (χ3v) is 3.55. The van der Waals surface area contributed by atoms with E-state index in [2.05, 4.69) is 33.7 Å². The van der Waals surface area contributed by atoms with E-state index in [1.54, 1.807) is 0 Å². The maximum absolute atomic E-state index is 5.91. The van der Waals surface area contributed by atoms with Crippen molar-refractivity contribution >= 4 is 17.4 Å². The number of rotatable bonds is 2. The molecule has 0 N–H and O–H groups in total. The summed E-state index contributed by atoms with van der Waals surface area (Å²) in [6, 6.07) is 2.60. The Morgan fingerprint density at radius 1 is 1.41 bits per heavy atom. The van der Waals surface area contributed by atoms with Crippen LogP contribution < -0.4 is 4.90 Å². The van der Waals surface area contributed by atoms with Crippen LogP contribution in [0, 0.1) is 6.92 Å². The number of nitrogens with zero attached hydrogens (tertiary/aromatic N) is 4. The molecule has 0 aromatic carbocycles. The van der Waals surface area contributed by atoms with E-state index in [9.17, 15) is 0 Å². The molecule has 5 heteroatoms. The third-order valence-electron chi connectivity index (χ3n) is 3.39. The zero-order valence-electron chi connectivity index (χ0n) is 10.6. The minimum atomic E-state index is 0.340. The van der Waals surface area contributed by atoms with Gasteiger partial charge in [-0.3, -0.25) is 4.90 Å². The van der Waals surface area contributed by atoms with Crippen molar-refractivity contribution in [1.29, 1.82) is 0 Å². The van der Waals surface area contributed by atoms with Gasteiger partial charge in [-0.15, -0.1) is 0 Å². The minimum absolute atomic E-state index is 0.340. The highest BCUT2D eigenvalue weighted by Crippen LogP contribution is 2.19. The van der Waals surface area contributed by atoms with Crippen LogP contribution in [-0.4, -0.2) is 47.6 Å². The first-order chi connectivity index (χ1) is 8.10. The SMILES string of the molecule is CCC1CN(c2cc(C)nc(Cl)n2)CCN1C. The zero-order chi connectivity index (χ0) is 12.4. The highest BCUT2D eigenvalue weighted by Gasteiger charge is 2.23. The normalized spacial score (nSPS) is 21.9. The number of piperazine rings is 1. The first-order valence-electron chi connectivity index (χ1n) is 6.06. The van der Waals surface area contributed by atoms with Crippen molar-refractivity contribution in [3.05, 3.63) is 17.0 Å². The molecule has 1 saturated heterocycles. The molecule has 1 atom stereocenters. The molecule has 0 aliphatic carbocycles. The summed E-state index contributed by atoms with van der Waals surface area (Å²) >= 11 is 5.91. The van der Waals surface area contributed by atoms with E-state index in [-0.39, 0.29) is 0 Å². The molecular weight excluding hydrogens is 236 g/mol. The predicted molar refractivity (Wildman–Crippen MR) is 70.7 cm³/mol. The fraction of sp³-hybridized carbons (Fsp3) is 0.667. The zero-order valence-corrected chi connectivity index (χ0v) is 11.4. The number of halogens is 1. The minimum Gasteiger partial charge on any atom is -0.354 e. The van der Waals surface area contributed by atoms with Gasteiger partial charge in [0.25, 0.3) is 0 Å². The average molecular weight is 255 g/mol. The van der Waals surface area contributed by atoms with Gasteiger partial charge < -0.3 is 4.90 Å². The lowest BCUT2D eigenvalue weighted by Gasteiger charge is -2.39. The second-order valence-corrected chi connectivity index (χ2v) is 4.96. The molecule has 2 rings (SSSR count). The van der Waals surface area contributed by atoms with Crippen LogP contribution >= 0.6 is 11.6 Å². The molecule has 1 fully saturated rings. The highest BCUT2D eigenvalue weighted by atomic mass is 35.5. The Kier molecular flexibility index (Phi) is 3.84. The van der Waals surface area contributed by atoms with Gasteiger partial charge in [-0.25, -0.2) is 9.97 Å². The molecule has 0 bridgehead atoms. The van der Waals surface area contributed by atoms with Crippen LogP contribution in [0.15, 0.2) is 6.07 Å². The molecule has 4 nitrogen and oxygen atoms in total. The van der Waals surface area contributed by atoms with Gasteiger partial charge in [0.05, 0.1) is 0 Å². The molecule has 1 aromatic rings. The van der Waals surface area contributed by atoms with Crippen LogP contribution in [0.4, 0.5) is 5.82 Å². The maximum atomic E-state index is 5.91. The Morgan fingerprint density at radius 2 is 2.18 bits per heavy atom. The van der Waals surface area contributed by atoms with Gasteiger partial charge in [0, 0.05) is 37.4 Å². The van der Waals surface area contributed by atoms with Crippen LogP contribution in [0.2, 0.25) is 5.28 Å². The lowest BCUT2D eigenvalue weighted by Crippen LogP contribution is -2.51. The van der Waals surface area contributed by atoms with Gasteiger partial charge in [0.1, 0.15) is 5.82 Å². The molecule has 2 heterocycles. The second kappa shape index (κ2) is 5.19. The van der Waals surface area contributed by atoms with E-state index in [0.717, 1.165) is 37.6 Å². The topological polar surface area (TPSA) is 32.3 Å². The Bertz CT molecular complexity index is 376. The van der Waals surface area contributed by atoms with Crippen molar-refractivity contribution in [2.75, 3.05) is 31.6 Å². The number of aryl methyl sites for hydroxylation is 1. The molecule has 0 spiro atoms. The first-order valence-corrected chi connectivity index (χ1v) is 6.44. The van der Waals surface area contributed by atoms with Crippen molar-refractivity contribution in [3.63, 3.8) is 0 Å². The summed E-state index contributed by atoms with van der Waals surface area (Å²) in [5.41, 5.74) is 0.923. The van der Waals surface area contributed by atoms with E-state index in [1.807, 2.05) is 13.0 Å². The van der Waals surface area contributed by atoms with Crippen LogP contribution in [0.1, 0.15) is 19.0 Å². The molecular formula is C12H19ClN4. The Balaban J connectivity index is 2.17. The number of likely N-dealkylation sites (N-methyl/N-ethyl adjacent to an activating group) is 1. The summed E-state index contributed by atoms with van der Waals surface area (Å²) in [7, 11) is 2.18. The molecule has 94 valence electrons. The number of hydrogen-bond acceptors (Lipinski definition) is 4. The highest BCUT2D eigenvalue weighted by molar-refractivity contribution is 6.28. The number of hydrogen-bond donors (Lipinski definition) is 0. The Hall–Kier alpha value is -0.870. The summed E-state index contributed by atoms with van der Waals surface area (Å²) in [5, 5.41) is 0.340. The van der Waals surface area contributed by atoms with Crippen LogP contribution in [0.5, 0.6) is 0 Å². The summed E-state index contributed by atoms with van der Waals surface area (Å²) in [4.78, 5) is 13.1. The van der Waals surface area contributed by atoms with Crippen molar-refractivity contribution in [1.82, 2.24) is 14.9 Å². The second-order valence-electron chi connectivity index (χ2n) is 4.63. The van der Waals surface area contributed by atoms with Crippen molar-refractivity contribution in [2.24, 2.45) is 0 Å². The van der Waals surface area contributed by atoms with Crippen molar-refractivity contribution in [2.45, 2.75) is 26.3 Å². The molecule has 1 aliphatic heterocycles. The quantitative estimate of drug-likeness (QED) is 0.756. The molecule has 1 unspecified atom stereocenters. The van der Waals surface area contributed by atoms with Gasteiger partial charge in [-0.1, -0.05) is 6.92 Å². The van der Waals surface area contributed by atoms with Gasteiger partial charge in [0.15, 0.2) is 0 Å². The fourth-order valence-corrected chi connectivity index (χ4v) is 2.49. The van der Waals surface area contributed by atoms with E-state index in [0.29, 0.717) is 11.3 Å². The number of anilines is 1. The van der Waals surface area contributed by atoms with E-state index >= 15 is 0 Å². The molecule has 17 heavy (non-hydrogen) atoms. The lowest BCUT2D eigenvalue weighted by atomic mass is 10.1. The lowest BCUT2D eigenvalue weighted by molar-refractivity contribution is 0.213. The van der Waals surface area contributed by atoms with Gasteiger partial charge >= 0.3 is 0 Å². The summed E-state index contributed by atoms with van der Waals surface area (Å²) < 4.78 is 0. The largest absolute Gasteiger partial charge is 0.354 e. The van der Waals surface area contributed by atoms with Crippen molar-refractivity contribution < 1.29 is 0 Å². The smallest absolute Gasteiger partial charge is 0.224 e. The first kappa shape index (κ1) is 12.6. The summed E-state index contributed by atoms with van der Waals surface area (Å²) in [6.45, 7) is 7.26. The Morgan fingerprint density at radius 3 is 2.82 bits per heavy atom. The molecule has 1 aliphatic rings. The van der Waals surface area contributed by atoms with E-state index < -0.39 is 0 Å². The van der Waals surface area contributed by atoms with Crippen LogP contribution in [0.25, 0.3) is 0 Å². The van der Waals surface area contributed by atoms with Crippen LogP contribution in [-0.2, 0) is 0 Å². The summed E-state index contributed by atoms with van der Waals surface area (Å²) in [6.07, 6.45) is 1.16. The Labute approximate surface area is 108 Å². The molecule has 0 saturated carbocycles. The van der Waals surface area contributed by atoms with Crippen LogP contribution in [0.3, 0.4) is 0 Å². The molecule has 1 aromatic heterocycles. The predicted octanol–water partition coefficient (Wildman–Crippen LogP) is 1.97. The van der Waals surface area contributed by atoms with Gasteiger partial charge in [0.2, 0.25) is 5.28 Å². The average Bonchev–Trinajstić information content (AvgIpc) is 2.28. The van der Waals surface area contributed by atoms with Crippen molar-refractivity contribution in [3.8, 4) is 0 Å². The van der Waals surface area contributed by atoms with E-state index in [4.69, 9.17) is 11.6 Å². The summed E-state index contributed by atoms with van der Waals surface area (Å²) in [5.74, 6) is 0.953. The number of aromatic nitrogens is 2. The molecule has 0 radical (unpaired) electrons. The van der Waals surface area contributed by atoms with Gasteiger partial charge in [-0.2, -0.15) is 0 Å². The standard InChI is InChI=1S/C12H19ClN4/c1-4-10-8-17(6-5-16(10)3)11-7-9(2)14-12(13)15-11/h7,10H,4-6,8H2,1-3H3. The third kappa shape index (κ3) is 2.87. The monoisotopic (exact) mass is 254 g/mol. The maximum Gasteiger partial charge on any atom is 0.224 e. The molecule has 0 amide bonds. The van der Waals surface area contributed by atoms with E-state index in [1.165, 1.54) is 0 Å². The van der Waals surface area contributed by atoms with Gasteiger partial charge in [-0.05, 0) is 32.0 Å². The fourth-order valence-electron chi connectivity index (χ4n) is 2.27.